The van der Waals surface area contributed by atoms with Crippen LogP contribution in [0.3, 0.4) is 0 Å². The van der Waals surface area contributed by atoms with E-state index in [0.29, 0.717) is 12.8 Å². The minimum atomic E-state index is -1.00. The van der Waals surface area contributed by atoms with Crippen LogP contribution >= 0.6 is 0 Å². The number of hydrogen-bond donors (Lipinski definition) is 3. The number of amides is 2. The third kappa shape index (κ3) is 11.3. The number of ether oxygens (including phenoxy) is 2. The Labute approximate surface area is 258 Å². The van der Waals surface area contributed by atoms with Crippen LogP contribution in [0.2, 0.25) is 0 Å². The second-order valence-corrected chi connectivity index (χ2v) is 10.7. The molecule has 4 rings (SSSR count). The summed E-state index contributed by atoms with van der Waals surface area (Å²) >= 11 is 0. The van der Waals surface area contributed by atoms with E-state index in [4.69, 9.17) is 9.47 Å². The number of hydrogen-bond acceptors (Lipinski definition) is 5. The second-order valence-electron chi connectivity index (χ2n) is 10.7. The van der Waals surface area contributed by atoms with Gasteiger partial charge in [0.1, 0.15) is 13.2 Å². The predicted octanol–water partition coefficient (Wildman–Crippen LogP) is 6.54. The maximum Gasteiger partial charge on any atom is 0.407 e. The first-order valence-electron chi connectivity index (χ1n) is 14.7. The van der Waals surface area contributed by atoms with E-state index in [-0.39, 0.29) is 26.1 Å². The summed E-state index contributed by atoms with van der Waals surface area (Å²) in [5, 5.41) is 15.8. The lowest BCUT2D eigenvalue weighted by molar-refractivity contribution is -0.138. The van der Waals surface area contributed by atoms with Crippen molar-refractivity contribution in [1.82, 2.24) is 10.6 Å². The number of benzene rings is 4. The van der Waals surface area contributed by atoms with Crippen molar-refractivity contribution >= 4 is 18.2 Å². The third-order valence-electron chi connectivity index (χ3n) is 7.27. The van der Waals surface area contributed by atoms with Crippen LogP contribution in [0.4, 0.5) is 9.59 Å². The fraction of sp³-hybridized carbons (Fsp3) is 0.250. The van der Waals surface area contributed by atoms with Crippen LogP contribution in [0.5, 0.6) is 0 Å². The Morgan fingerprint density at radius 1 is 0.568 bits per heavy atom. The van der Waals surface area contributed by atoms with Crippen molar-refractivity contribution in [3.05, 3.63) is 144 Å². The lowest BCUT2D eigenvalue weighted by Crippen LogP contribution is -2.46. The summed E-state index contributed by atoms with van der Waals surface area (Å²) in [6, 6.07) is 36.9. The maximum atomic E-state index is 13.0. The van der Waals surface area contributed by atoms with Crippen LogP contribution in [-0.2, 0) is 40.3 Å². The Kier molecular flexibility index (Phi) is 12.4. The first kappa shape index (κ1) is 31.8. The van der Waals surface area contributed by atoms with E-state index in [1.54, 1.807) is 0 Å². The Morgan fingerprint density at radius 3 is 1.43 bits per heavy atom. The molecule has 0 radical (unpaired) electrons. The highest BCUT2D eigenvalue weighted by molar-refractivity contribution is 5.69. The van der Waals surface area contributed by atoms with Gasteiger partial charge in [0, 0.05) is 12.1 Å². The molecule has 3 atom stereocenters. The second kappa shape index (κ2) is 17.1. The smallest absolute Gasteiger partial charge is 0.407 e. The van der Waals surface area contributed by atoms with Gasteiger partial charge in [0.15, 0.2) is 0 Å². The minimum Gasteiger partial charge on any atom is -0.481 e. The van der Waals surface area contributed by atoms with E-state index in [2.05, 4.69) is 10.6 Å². The topological polar surface area (TPSA) is 114 Å². The summed E-state index contributed by atoms with van der Waals surface area (Å²) in [7, 11) is 0. The Balaban J connectivity index is 1.52. The van der Waals surface area contributed by atoms with Crippen LogP contribution in [0.15, 0.2) is 121 Å². The zero-order valence-electron chi connectivity index (χ0n) is 24.5. The van der Waals surface area contributed by atoms with Crippen molar-refractivity contribution in [3.63, 3.8) is 0 Å². The van der Waals surface area contributed by atoms with Crippen molar-refractivity contribution in [1.29, 1.82) is 0 Å². The van der Waals surface area contributed by atoms with Crippen LogP contribution < -0.4 is 10.6 Å². The first-order valence-corrected chi connectivity index (χ1v) is 14.7. The number of carboxylic acid groups (broad SMARTS) is 1. The fourth-order valence-electron chi connectivity index (χ4n) is 5.12. The molecule has 0 unspecified atom stereocenters. The number of carboxylic acids is 1. The van der Waals surface area contributed by atoms with Gasteiger partial charge in [-0.15, -0.1) is 0 Å². The summed E-state index contributed by atoms with van der Waals surface area (Å²) in [5.74, 6) is -1.54. The van der Waals surface area contributed by atoms with Gasteiger partial charge >= 0.3 is 18.2 Å². The molecule has 4 aromatic rings. The fourth-order valence-corrected chi connectivity index (χ4v) is 5.12. The molecule has 0 aliphatic carbocycles. The van der Waals surface area contributed by atoms with E-state index in [1.165, 1.54) is 0 Å². The average Bonchev–Trinajstić information content (AvgIpc) is 3.04. The largest absolute Gasteiger partial charge is 0.481 e. The van der Waals surface area contributed by atoms with Gasteiger partial charge in [-0.25, -0.2) is 9.59 Å². The van der Waals surface area contributed by atoms with Crippen LogP contribution in [-0.4, -0.2) is 35.3 Å². The first-order chi connectivity index (χ1) is 21.4. The van der Waals surface area contributed by atoms with Gasteiger partial charge < -0.3 is 25.2 Å². The Morgan fingerprint density at radius 2 is 0.977 bits per heavy atom. The minimum absolute atomic E-state index is 0.0831. The number of carbonyl (C=O) groups excluding carboxylic acids is 2. The van der Waals surface area contributed by atoms with Crippen LogP contribution in [0, 0.1) is 5.92 Å². The van der Waals surface area contributed by atoms with Gasteiger partial charge in [0.2, 0.25) is 0 Å². The van der Waals surface area contributed by atoms with E-state index >= 15 is 0 Å². The normalized spacial score (nSPS) is 12.7. The zero-order valence-corrected chi connectivity index (χ0v) is 24.5. The highest BCUT2D eigenvalue weighted by atomic mass is 16.6. The highest BCUT2D eigenvalue weighted by Gasteiger charge is 2.30. The maximum absolute atomic E-state index is 13.0. The monoisotopic (exact) mass is 594 g/mol. The van der Waals surface area contributed by atoms with Crippen molar-refractivity contribution in [3.8, 4) is 0 Å². The number of rotatable bonds is 15. The molecule has 0 bridgehead atoms. The molecule has 0 aliphatic rings. The molecule has 4 aromatic carbocycles. The molecule has 44 heavy (non-hydrogen) atoms. The van der Waals surface area contributed by atoms with Gasteiger partial charge in [0.25, 0.3) is 0 Å². The molecule has 0 saturated carbocycles. The van der Waals surface area contributed by atoms with Crippen LogP contribution in [0.25, 0.3) is 0 Å². The third-order valence-corrected chi connectivity index (χ3v) is 7.27. The van der Waals surface area contributed by atoms with Gasteiger partial charge in [-0.2, -0.15) is 0 Å². The summed E-state index contributed by atoms with van der Waals surface area (Å²) in [5.41, 5.74) is 3.61. The predicted molar refractivity (Wildman–Crippen MR) is 168 cm³/mol. The summed E-state index contributed by atoms with van der Waals surface area (Å²) in [6.07, 6.45) is -0.344. The molecule has 228 valence electrons. The van der Waals surface area contributed by atoms with Crippen LogP contribution in [0.1, 0.15) is 35.1 Å². The summed E-state index contributed by atoms with van der Waals surface area (Å²) < 4.78 is 11.0. The van der Waals surface area contributed by atoms with E-state index in [1.807, 2.05) is 121 Å². The molecule has 0 aromatic heterocycles. The van der Waals surface area contributed by atoms with Gasteiger partial charge in [-0.3, -0.25) is 4.79 Å². The van der Waals surface area contributed by atoms with Crippen molar-refractivity contribution in [2.75, 3.05) is 0 Å². The lowest BCUT2D eigenvalue weighted by Gasteiger charge is -2.30. The molecule has 0 fully saturated rings. The number of nitrogens with one attached hydrogen (secondary N) is 2. The van der Waals surface area contributed by atoms with Crippen molar-refractivity contribution in [2.24, 2.45) is 5.92 Å². The summed E-state index contributed by atoms with van der Waals surface area (Å²) in [4.78, 5) is 38.1. The molecule has 8 nitrogen and oxygen atoms in total. The van der Waals surface area contributed by atoms with E-state index in [9.17, 15) is 19.5 Å². The SMILES string of the molecule is O=C(O)C[C@@H](C[C@@H](Cc1ccccc1)NC(=O)OCc1ccccc1)[C@H](Cc1ccccc1)NC(=O)OCc1ccccc1. The molecule has 0 spiro atoms. The van der Waals surface area contributed by atoms with E-state index < -0.39 is 36.2 Å². The number of carbonyl (C=O) groups is 3. The van der Waals surface area contributed by atoms with Gasteiger partial charge in [0.05, 0.1) is 6.42 Å². The van der Waals surface area contributed by atoms with Crippen molar-refractivity contribution < 1.29 is 29.0 Å². The molecule has 3 N–H and O–H groups in total. The van der Waals surface area contributed by atoms with Crippen molar-refractivity contribution in [2.45, 2.75) is 51.0 Å². The standard InChI is InChI=1S/C36H38N2O6/c39-34(40)24-31(33(22-28-15-7-2-8-16-28)38-36(42)44-26-30-19-11-4-12-20-30)23-32(21-27-13-5-1-6-14-27)37-35(41)43-25-29-17-9-3-10-18-29/h1-20,31-33H,21-26H2,(H,37,41)(H,38,42)(H,39,40)/t31-,32-,33+/m1/s1. The quantitative estimate of drug-likeness (QED) is 0.144. The average molecular weight is 595 g/mol. The Hall–Kier alpha value is -5.11. The number of aliphatic carboxylic acids is 1. The molecule has 0 aliphatic heterocycles. The zero-order chi connectivity index (χ0) is 31.0. The molecule has 8 heteroatoms. The van der Waals surface area contributed by atoms with E-state index in [0.717, 1.165) is 22.3 Å². The number of alkyl carbamates (subject to hydrolysis) is 2. The summed E-state index contributed by atoms with van der Waals surface area (Å²) in [6.45, 7) is 0.189. The highest BCUT2D eigenvalue weighted by Crippen LogP contribution is 2.23. The van der Waals surface area contributed by atoms with Gasteiger partial charge in [-0.05, 0) is 47.4 Å². The molecule has 2 amide bonds. The van der Waals surface area contributed by atoms with Gasteiger partial charge in [-0.1, -0.05) is 121 Å². The molecular weight excluding hydrogens is 556 g/mol. The lowest BCUT2D eigenvalue weighted by atomic mass is 9.84. The molecule has 0 heterocycles. The molecule has 0 saturated heterocycles. The Bertz CT molecular complexity index is 1430. The molecular formula is C36H38N2O6.